The van der Waals surface area contributed by atoms with Crippen LogP contribution in [-0.4, -0.2) is 17.9 Å². The molecule has 3 aromatic rings. The van der Waals surface area contributed by atoms with Crippen molar-refractivity contribution < 1.29 is 32.4 Å². The Hall–Kier alpha value is -4.37. The summed E-state index contributed by atoms with van der Waals surface area (Å²) in [5.41, 5.74) is -1.49. The van der Waals surface area contributed by atoms with E-state index in [4.69, 9.17) is 9.47 Å². The fraction of sp³-hybridized carbons (Fsp3) is 0.0833. The first-order chi connectivity index (χ1) is 17.0. The highest BCUT2D eigenvalue weighted by molar-refractivity contribution is 9.10. The number of hydrogen-bond acceptors (Lipinski definition) is 6. The first-order valence-electron chi connectivity index (χ1n) is 9.92. The number of benzene rings is 3. The van der Waals surface area contributed by atoms with Crippen LogP contribution in [0, 0.1) is 21.4 Å². The number of nitro groups is 1. The maximum Gasteiger partial charge on any atom is 0.416 e. The van der Waals surface area contributed by atoms with Crippen LogP contribution in [0.5, 0.6) is 17.2 Å². The van der Waals surface area contributed by atoms with Gasteiger partial charge in [-0.3, -0.25) is 14.9 Å². The van der Waals surface area contributed by atoms with Gasteiger partial charge in [0, 0.05) is 11.8 Å². The summed E-state index contributed by atoms with van der Waals surface area (Å²) in [5.74, 6) is -1.13. The molecule has 0 aliphatic carbocycles. The van der Waals surface area contributed by atoms with E-state index in [-0.39, 0.29) is 21.5 Å². The second-order valence-corrected chi connectivity index (χ2v) is 7.92. The molecule has 0 heterocycles. The molecule has 184 valence electrons. The van der Waals surface area contributed by atoms with Gasteiger partial charge in [-0.15, -0.1) is 0 Å². The fourth-order valence-electron chi connectivity index (χ4n) is 2.99. The van der Waals surface area contributed by atoms with Crippen LogP contribution in [0.15, 0.2) is 70.7 Å². The monoisotopic (exact) mass is 561 g/mol. The number of para-hydroxylation sites is 1. The van der Waals surface area contributed by atoms with Crippen molar-refractivity contribution in [2.24, 2.45) is 0 Å². The molecule has 1 amide bonds. The number of carbonyl (C=O) groups is 1. The highest BCUT2D eigenvalue weighted by Crippen LogP contribution is 2.43. The van der Waals surface area contributed by atoms with E-state index in [9.17, 15) is 33.3 Å². The van der Waals surface area contributed by atoms with Gasteiger partial charge in [0.15, 0.2) is 11.5 Å². The topological polar surface area (TPSA) is 114 Å². The summed E-state index contributed by atoms with van der Waals surface area (Å²) in [6.45, 7) is 0. The Balaban J connectivity index is 1.96. The van der Waals surface area contributed by atoms with Crippen molar-refractivity contribution in [1.82, 2.24) is 0 Å². The minimum atomic E-state index is -4.78. The molecule has 0 aliphatic heterocycles. The summed E-state index contributed by atoms with van der Waals surface area (Å²) >= 11 is 3.24. The lowest BCUT2D eigenvalue weighted by Crippen LogP contribution is -2.13. The van der Waals surface area contributed by atoms with E-state index in [1.807, 2.05) is 6.07 Å². The van der Waals surface area contributed by atoms with E-state index in [0.29, 0.717) is 23.4 Å². The molecular formula is C24H15BrF3N3O5. The molecule has 0 atom stereocenters. The second kappa shape index (κ2) is 10.9. The zero-order valence-corrected chi connectivity index (χ0v) is 19.9. The minimum Gasteiger partial charge on any atom is -0.493 e. The molecule has 0 saturated heterocycles. The Morgan fingerprint density at radius 1 is 1.14 bits per heavy atom. The van der Waals surface area contributed by atoms with Crippen LogP contribution in [0.4, 0.5) is 24.5 Å². The lowest BCUT2D eigenvalue weighted by molar-refractivity contribution is -0.385. The van der Waals surface area contributed by atoms with Crippen LogP contribution in [0.25, 0.3) is 6.08 Å². The molecule has 1 N–H and O–H groups in total. The molecule has 0 bridgehead atoms. The normalized spacial score (nSPS) is 11.4. The molecular weight excluding hydrogens is 547 g/mol. The lowest BCUT2D eigenvalue weighted by atomic mass is 10.1. The number of nitrogens with one attached hydrogen (secondary N) is 1. The summed E-state index contributed by atoms with van der Waals surface area (Å²) in [5, 5.41) is 23.4. The van der Waals surface area contributed by atoms with E-state index >= 15 is 0 Å². The van der Waals surface area contributed by atoms with E-state index in [1.54, 1.807) is 30.3 Å². The van der Waals surface area contributed by atoms with Gasteiger partial charge in [-0.2, -0.15) is 18.4 Å². The van der Waals surface area contributed by atoms with Crippen LogP contribution >= 0.6 is 15.9 Å². The van der Waals surface area contributed by atoms with Gasteiger partial charge < -0.3 is 14.8 Å². The van der Waals surface area contributed by atoms with Crippen molar-refractivity contribution in [3.8, 4) is 23.3 Å². The van der Waals surface area contributed by atoms with Gasteiger partial charge in [-0.25, -0.2) is 0 Å². The quantitative estimate of drug-likeness (QED) is 0.148. The molecule has 0 spiro atoms. The second-order valence-electron chi connectivity index (χ2n) is 7.06. The molecule has 0 saturated carbocycles. The first-order valence-corrected chi connectivity index (χ1v) is 10.7. The Labute approximate surface area is 210 Å². The standard InChI is InChI=1S/C24H15BrF3N3O5/c1-35-21-11-14(9-15(13-29)23(32)30-17-5-3-2-4-6-17)10-18(25)22(21)36-20-8-7-16(24(26,27)28)12-19(20)31(33)34/h2-12H,1H3,(H,30,32)/b15-9+. The maximum atomic E-state index is 13.0. The number of nitriles is 1. The van der Waals surface area contributed by atoms with E-state index in [1.165, 1.54) is 25.3 Å². The highest BCUT2D eigenvalue weighted by Gasteiger charge is 2.33. The Morgan fingerprint density at radius 3 is 2.42 bits per heavy atom. The van der Waals surface area contributed by atoms with Crippen LogP contribution in [0.1, 0.15) is 11.1 Å². The molecule has 0 radical (unpaired) electrons. The van der Waals surface area contributed by atoms with Gasteiger partial charge in [0.2, 0.25) is 5.75 Å². The third-order valence-corrected chi connectivity index (χ3v) is 5.24. The van der Waals surface area contributed by atoms with E-state index < -0.39 is 34.0 Å². The van der Waals surface area contributed by atoms with Gasteiger partial charge in [0.05, 0.1) is 22.1 Å². The van der Waals surface area contributed by atoms with E-state index in [0.717, 1.165) is 6.07 Å². The number of hydrogen-bond donors (Lipinski definition) is 1. The Kier molecular flexibility index (Phi) is 7.96. The number of carbonyl (C=O) groups excluding carboxylic acids is 1. The van der Waals surface area contributed by atoms with Crippen LogP contribution in [0.2, 0.25) is 0 Å². The number of alkyl halides is 3. The van der Waals surface area contributed by atoms with Crippen LogP contribution in [0.3, 0.4) is 0 Å². The third kappa shape index (κ3) is 6.19. The van der Waals surface area contributed by atoms with Crippen molar-refractivity contribution in [2.75, 3.05) is 12.4 Å². The maximum absolute atomic E-state index is 13.0. The van der Waals surface area contributed by atoms with E-state index in [2.05, 4.69) is 21.2 Å². The summed E-state index contributed by atoms with van der Waals surface area (Å²) < 4.78 is 50.0. The van der Waals surface area contributed by atoms with Crippen molar-refractivity contribution >= 4 is 39.3 Å². The molecule has 3 rings (SSSR count). The lowest BCUT2D eigenvalue weighted by Gasteiger charge is -2.14. The molecule has 0 unspecified atom stereocenters. The molecule has 8 nitrogen and oxygen atoms in total. The number of methoxy groups -OCH3 is 1. The van der Waals surface area contributed by atoms with Gasteiger partial charge in [0.1, 0.15) is 11.6 Å². The predicted octanol–water partition coefficient (Wildman–Crippen LogP) is 6.72. The van der Waals surface area contributed by atoms with Gasteiger partial charge in [0.25, 0.3) is 5.91 Å². The Bertz CT molecular complexity index is 1390. The average Bonchev–Trinajstić information content (AvgIpc) is 2.83. The first kappa shape index (κ1) is 26.2. The molecule has 3 aromatic carbocycles. The highest BCUT2D eigenvalue weighted by atomic mass is 79.9. The van der Waals surface area contributed by atoms with Gasteiger partial charge in [-0.05, 0) is 64.0 Å². The largest absolute Gasteiger partial charge is 0.493 e. The molecule has 0 fully saturated rings. The smallest absolute Gasteiger partial charge is 0.416 e. The number of nitro benzene ring substituents is 1. The molecule has 12 heteroatoms. The predicted molar refractivity (Wildman–Crippen MR) is 128 cm³/mol. The minimum absolute atomic E-state index is 0.0329. The Morgan fingerprint density at radius 2 is 1.83 bits per heavy atom. The number of halogens is 4. The third-order valence-electron chi connectivity index (χ3n) is 4.65. The number of nitrogens with zero attached hydrogens (tertiary/aromatic N) is 2. The molecule has 0 aromatic heterocycles. The summed E-state index contributed by atoms with van der Waals surface area (Å²) in [6.07, 6.45) is -3.49. The summed E-state index contributed by atoms with van der Waals surface area (Å²) in [6, 6.07) is 15.0. The zero-order chi connectivity index (χ0) is 26.5. The average molecular weight is 562 g/mol. The number of amides is 1. The van der Waals surface area contributed by atoms with Gasteiger partial charge in [-0.1, -0.05) is 18.2 Å². The SMILES string of the molecule is COc1cc(/C=C(\C#N)C(=O)Nc2ccccc2)cc(Br)c1Oc1ccc(C(F)(F)F)cc1[N+](=O)[O-]. The molecule has 0 aliphatic rings. The summed E-state index contributed by atoms with van der Waals surface area (Å²) in [4.78, 5) is 22.9. The number of anilines is 1. The zero-order valence-electron chi connectivity index (χ0n) is 18.3. The van der Waals surface area contributed by atoms with Crippen molar-refractivity contribution in [2.45, 2.75) is 6.18 Å². The van der Waals surface area contributed by atoms with Crippen molar-refractivity contribution in [3.05, 3.63) is 92.0 Å². The number of rotatable bonds is 7. The summed E-state index contributed by atoms with van der Waals surface area (Å²) in [7, 11) is 1.27. The van der Waals surface area contributed by atoms with Crippen molar-refractivity contribution in [3.63, 3.8) is 0 Å². The number of ether oxygens (including phenoxy) is 2. The van der Waals surface area contributed by atoms with Crippen molar-refractivity contribution in [1.29, 1.82) is 5.26 Å². The van der Waals surface area contributed by atoms with Gasteiger partial charge >= 0.3 is 11.9 Å². The van der Waals surface area contributed by atoms with Crippen LogP contribution < -0.4 is 14.8 Å². The fourth-order valence-corrected chi connectivity index (χ4v) is 3.53. The van der Waals surface area contributed by atoms with Crippen LogP contribution in [-0.2, 0) is 11.0 Å². The molecule has 36 heavy (non-hydrogen) atoms.